The van der Waals surface area contributed by atoms with Gasteiger partial charge in [-0.1, -0.05) is 12.8 Å². The van der Waals surface area contributed by atoms with E-state index in [4.69, 9.17) is 0 Å². The van der Waals surface area contributed by atoms with Crippen LogP contribution in [0.4, 0.5) is 10.1 Å². The summed E-state index contributed by atoms with van der Waals surface area (Å²) in [4.78, 5) is 2.30. The zero-order valence-corrected chi connectivity index (χ0v) is 11.9. The van der Waals surface area contributed by atoms with Crippen molar-refractivity contribution in [1.29, 1.82) is 0 Å². The second kappa shape index (κ2) is 7.49. The first kappa shape index (κ1) is 14.3. The monoisotopic (exact) mass is 264 g/mol. The zero-order chi connectivity index (χ0) is 13.5. The van der Waals surface area contributed by atoms with Crippen LogP contribution in [0.3, 0.4) is 0 Å². The van der Waals surface area contributed by atoms with Crippen molar-refractivity contribution < 1.29 is 4.39 Å². The molecule has 1 saturated carbocycles. The van der Waals surface area contributed by atoms with Gasteiger partial charge in [-0.05, 0) is 57.0 Å². The summed E-state index contributed by atoms with van der Waals surface area (Å²) in [6.07, 6.45) is 6.59. The lowest BCUT2D eigenvalue weighted by Crippen LogP contribution is -2.31. The predicted octanol–water partition coefficient (Wildman–Crippen LogP) is 3.57. The van der Waals surface area contributed by atoms with Crippen LogP contribution in [-0.4, -0.2) is 25.7 Å². The SMILES string of the molecule is CCN(CCCNC1CCCC1)c1ccc(F)cc1. The normalized spacial score (nSPS) is 15.9. The van der Waals surface area contributed by atoms with E-state index < -0.39 is 0 Å². The van der Waals surface area contributed by atoms with Gasteiger partial charge in [-0.25, -0.2) is 4.39 Å². The molecule has 0 spiro atoms. The van der Waals surface area contributed by atoms with Gasteiger partial charge in [0.25, 0.3) is 0 Å². The molecule has 0 saturated heterocycles. The molecule has 2 nitrogen and oxygen atoms in total. The lowest BCUT2D eigenvalue weighted by Gasteiger charge is -2.23. The Morgan fingerprint density at radius 3 is 2.53 bits per heavy atom. The summed E-state index contributed by atoms with van der Waals surface area (Å²) in [5.74, 6) is -0.164. The van der Waals surface area contributed by atoms with Crippen LogP contribution in [0.5, 0.6) is 0 Å². The molecule has 0 radical (unpaired) electrons. The summed E-state index contributed by atoms with van der Waals surface area (Å²) < 4.78 is 12.9. The number of nitrogens with zero attached hydrogens (tertiary/aromatic N) is 1. The van der Waals surface area contributed by atoms with E-state index in [2.05, 4.69) is 17.1 Å². The molecule has 2 rings (SSSR count). The maximum atomic E-state index is 12.9. The van der Waals surface area contributed by atoms with Gasteiger partial charge in [0.2, 0.25) is 0 Å². The second-order valence-electron chi connectivity index (χ2n) is 5.35. The lowest BCUT2D eigenvalue weighted by molar-refractivity contribution is 0.514. The van der Waals surface area contributed by atoms with Crippen LogP contribution in [0.1, 0.15) is 39.0 Å². The van der Waals surface area contributed by atoms with E-state index in [0.29, 0.717) is 0 Å². The van der Waals surface area contributed by atoms with Crippen molar-refractivity contribution in [2.45, 2.75) is 45.1 Å². The molecule has 0 unspecified atom stereocenters. The topological polar surface area (TPSA) is 15.3 Å². The minimum absolute atomic E-state index is 0.164. The Labute approximate surface area is 116 Å². The highest BCUT2D eigenvalue weighted by molar-refractivity contribution is 5.45. The maximum Gasteiger partial charge on any atom is 0.123 e. The molecule has 1 aromatic rings. The molecule has 19 heavy (non-hydrogen) atoms. The van der Waals surface area contributed by atoms with Crippen LogP contribution in [0, 0.1) is 5.82 Å². The standard InChI is InChI=1S/C16H25FN2/c1-2-19(16-10-8-14(17)9-11-16)13-5-12-18-15-6-3-4-7-15/h8-11,15,18H,2-7,12-13H2,1H3. The van der Waals surface area contributed by atoms with Crippen LogP contribution in [0.2, 0.25) is 0 Å². The van der Waals surface area contributed by atoms with Crippen molar-refractivity contribution in [3.05, 3.63) is 30.1 Å². The highest BCUT2D eigenvalue weighted by atomic mass is 19.1. The number of benzene rings is 1. The Morgan fingerprint density at radius 2 is 1.89 bits per heavy atom. The molecule has 1 N–H and O–H groups in total. The minimum atomic E-state index is -0.164. The molecule has 1 aliphatic carbocycles. The van der Waals surface area contributed by atoms with E-state index >= 15 is 0 Å². The van der Waals surface area contributed by atoms with E-state index in [1.807, 2.05) is 12.1 Å². The van der Waals surface area contributed by atoms with Gasteiger partial charge in [0.05, 0.1) is 0 Å². The van der Waals surface area contributed by atoms with Gasteiger partial charge in [0.15, 0.2) is 0 Å². The van der Waals surface area contributed by atoms with Crippen LogP contribution in [-0.2, 0) is 0 Å². The second-order valence-corrected chi connectivity index (χ2v) is 5.35. The predicted molar refractivity (Wildman–Crippen MR) is 79.2 cm³/mol. The third kappa shape index (κ3) is 4.50. The third-order valence-electron chi connectivity index (χ3n) is 3.97. The molecule has 0 aliphatic heterocycles. The third-order valence-corrected chi connectivity index (χ3v) is 3.97. The Balaban J connectivity index is 1.71. The molecule has 106 valence electrons. The number of halogens is 1. The summed E-state index contributed by atoms with van der Waals surface area (Å²) in [7, 11) is 0. The van der Waals surface area contributed by atoms with Gasteiger partial charge in [-0.3, -0.25) is 0 Å². The number of hydrogen-bond donors (Lipinski definition) is 1. The summed E-state index contributed by atoms with van der Waals surface area (Å²) in [6.45, 7) is 5.23. The molecule has 1 aliphatic rings. The van der Waals surface area contributed by atoms with Crippen molar-refractivity contribution in [2.75, 3.05) is 24.5 Å². The van der Waals surface area contributed by atoms with Crippen LogP contribution in [0.15, 0.2) is 24.3 Å². The summed E-state index contributed by atoms with van der Waals surface area (Å²) in [6, 6.07) is 7.55. The molecule has 0 aromatic heterocycles. The van der Waals surface area contributed by atoms with Gasteiger partial charge in [-0.2, -0.15) is 0 Å². The molecule has 1 aromatic carbocycles. The number of nitrogens with one attached hydrogen (secondary N) is 1. The van der Waals surface area contributed by atoms with E-state index in [-0.39, 0.29) is 5.82 Å². The van der Waals surface area contributed by atoms with Gasteiger partial charge < -0.3 is 10.2 Å². The van der Waals surface area contributed by atoms with Crippen molar-refractivity contribution >= 4 is 5.69 Å². The van der Waals surface area contributed by atoms with Gasteiger partial charge in [-0.15, -0.1) is 0 Å². The van der Waals surface area contributed by atoms with Gasteiger partial charge in [0, 0.05) is 24.8 Å². The summed E-state index contributed by atoms with van der Waals surface area (Å²) >= 11 is 0. The quantitative estimate of drug-likeness (QED) is 0.757. The molecule has 3 heteroatoms. The van der Waals surface area contributed by atoms with Crippen LogP contribution in [0.25, 0.3) is 0 Å². The van der Waals surface area contributed by atoms with E-state index in [9.17, 15) is 4.39 Å². The van der Waals surface area contributed by atoms with Crippen molar-refractivity contribution in [2.24, 2.45) is 0 Å². The minimum Gasteiger partial charge on any atom is -0.372 e. The largest absolute Gasteiger partial charge is 0.372 e. The van der Waals surface area contributed by atoms with E-state index in [1.165, 1.54) is 37.8 Å². The first-order valence-corrected chi connectivity index (χ1v) is 7.53. The van der Waals surface area contributed by atoms with Crippen LogP contribution >= 0.6 is 0 Å². The fourth-order valence-electron chi connectivity index (χ4n) is 2.83. The van der Waals surface area contributed by atoms with Gasteiger partial charge in [0.1, 0.15) is 5.82 Å². The summed E-state index contributed by atoms with van der Waals surface area (Å²) in [5.41, 5.74) is 1.12. The first-order valence-electron chi connectivity index (χ1n) is 7.53. The number of hydrogen-bond acceptors (Lipinski definition) is 2. The lowest BCUT2D eigenvalue weighted by atomic mass is 10.2. The molecule has 0 bridgehead atoms. The maximum absolute atomic E-state index is 12.9. The highest BCUT2D eigenvalue weighted by Crippen LogP contribution is 2.18. The van der Waals surface area contributed by atoms with E-state index in [0.717, 1.165) is 37.8 Å². The van der Waals surface area contributed by atoms with Crippen molar-refractivity contribution in [1.82, 2.24) is 5.32 Å². The Morgan fingerprint density at radius 1 is 1.21 bits per heavy atom. The molecule has 1 fully saturated rings. The van der Waals surface area contributed by atoms with Gasteiger partial charge >= 0.3 is 0 Å². The Hall–Kier alpha value is -1.09. The highest BCUT2D eigenvalue weighted by Gasteiger charge is 2.13. The smallest absolute Gasteiger partial charge is 0.123 e. The molecule has 0 atom stereocenters. The molecular formula is C16H25FN2. The fraction of sp³-hybridized carbons (Fsp3) is 0.625. The number of anilines is 1. The first-order chi connectivity index (χ1) is 9.29. The summed E-state index contributed by atoms with van der Waals surface area (Å²) in [5, 5.41) is 3.63. The molecule has 0 amide bonds. The average molecular weight is 264 g/mol. The number of rotatable bonds is 7. The van der Waals surface area contributed by atoms with E-state index in [1.54, 1.807) is 0 Å². The molecule has 0 heterocycles. The average Bonchev–Trinajstić information content (AvgIpc) is 2.93. The zero-order valence-electron chi connectivity index (χ0n) is 11.9. The van der Waals surface area contributed by atoms with Crippen molar-refractivity contribution in [3.63, 3.8) is 0 Å². The Kier molecular flexibility index (Phi) is 5.64. The Bertz CT molecular complexity index is 358. The molecular weight excluding hydrogens is 239 g/mol. The fourth-order valence-corrected chi connectivity index (χ4v) is 2.83. The van der Waals surface area contributed by atoms with Crippen molar-refractivity contribution in [3.8, 4) is 0 Å². The van der Waals surface area contributed by atoms with Crippen LogP contribution < -0.4 is 10.2 Å².